The summed E-state index contributed by atoms with van der Waals surface area (Å²) in [5.74, 6) is -0.153. The molecule has 1 amide bonds. The Morgan fingerprint density at radius 3 is 1.76 bits per heavy atom. The molecule has 0 aromatic heterocycles. The standard InChI is InChI=1S/C32H32N2O3S/c35-32(31(27-12-6-2-7-13-27)28-14-8-3-9-15-28)33-29-16-18-30(19-17-29)38(36,37)34-22-20-26(21-23-34)24-25-10-4-1-5-11-25/h1-19,26,31H,20-24H2,(H,33,35). The predicted molar refractivity (Wildman–Crippen MR) is 151 cm³/mol. The first-order chi connectivity index (χ1) is 18.5. The molecule has 0 aliphatic carbocycles. The van der Waals surface area contributed by atoms with E-state index in [-0.39, 0.29) is 10.8 Å². The molecule has 0 unspecified atom stereocenters. The van der Waals surface area contributed by atoms with Gasteiger partial charge in [-0.1, -0.05) is 91.0 Å². The van der Waals surface area contributed by atoms with Gasteiger partial charge in [-0.05, 0) is 66.1 Å². The Morgan fingerprint density at radius 1 is 0.737 bits per heavy atom. The lowest BCUT2D eigenvalue weighted by Crippen LogP contribution is -2.38. The van der Waals surface area contributed by atoms with Gasteiger partial charge in [-0.25, -0.2) is 8.42 Å². The van der Waals surface area contributed by atoms with Crippen molar-refractivity contribution < 1.29 is 13.2 Å². The summed E-state index contributed by atoms with van der Waals surface area (Å²) in [5, 5.41) is 2.98. The number of piperidine rings is 1. The third-order valence-electron chi connectivity index (χ3n) is 7.23. The zero-order valence-corrected chi connectivity index (χ0v) is 22.1. The third kappa shape index (κ3) is 6.04. The van der Waals surface area contributed by atoms with Gasteiger partial charge < -0.3 is 5.32 Å². The highest BCUT2D eigenvalue weighted by Gasteiger charge is 2.29. The Kier molecular flexibility index (Phi) is 8.01. The Morgan fingerprint density at radius 2 is 1.24 bits per heavy atom. The van der Waals surface area contributed by atoms with Gasteiger partial charge in [0.1, 0.15) is 0 Å². The molecule has 1 aliphatic heterocycles. The summed E-state index contributed by atoms with van der Waals surface area (Å²) in [6, 6.07) is 36.2. The molecular weight excluding hydrogens is 492 g/mol. The second-order valence-corrected chi connectivity index (χ2v) is 11.7. The fourth-order valence-corrected chi connectivity index (χ4v) is 6.63. The van der Waals surface area contributed by atoms with Crippen molar-refractivity contribution >= 4 is 21.6 Å². The molecule has 194 valence electrons. The second-order valence-electron chi connectivity index (χ2n) is 9.81. The van der Waals surface area contributed by atoms with E-state index in [0.717, 1.165) is 30.4 Å². The molecule has 4 aromatic rings. The fourth-order valence-electron chi connectivity index (χ4n) is 5.16. The van der Waals surface area contributed by atoms with Crippen LogP contribution in [0.1, 0.15) is 35.4 Å². The zero-order valence-electron chi connectivity index (χ0n) is 21.2. The van der Waals surface area contributed by atoms with Crippen LogP contribution in [0.2, 0.25) is 0 Å². The molecule has 1 aliphatic rings. The normalized spacial score (nSPS) is 14.9. The summed E-state index contributed by atoms with van der Waals surface area (Å²) in [7, 11) is -3.59. The van der Waals surface area contributed by atoms with Crippen LogP contribution in [0, 0.1) is 5.92 Å². The van der Waals surface area contributed by atoms with Gasteiger partial charge in [0.05, 0.1) is 10.8 Å². The minimum atomic E-state index is -3.59. The monoisotopic (exact) mass is 524 g/mol. The number of rotatable bonds is 8. The highest BCUT2D eigenvalue weighted by Crippen LogP contribution is 2.29. The summed E-state index contributed by atoms with van der Waals surface area (Å²) in [5.41, 5.74) is 3.65. The number of carbonyl (C=O) groups excluding carboxylic acids is 1. The summed E-state index contributed by atoms with van der Waals surface area (Å²) in [6.45, 7) is 1.04. The number of hydrogen-bond acceptors (Lipinski definition) is 3. The average Bonchev–Trinajstić information content (AvgIpc) is 2.95. The molecule has 0 spiro atoms. The maximum Gasteiger partial charge on any atom is 0.243 e. The van der Waals surface area contributed by atoms with Gasteiger partial charge in [0.15, 0.2) is 0 Å². The number of anilines is 1. The van der Waals surface area contributed by atoms with Crippen LogP contribution in [-0.4, -0.2) is 31.7 Å². The second kappa shape index (κ2) is 11.8. The molecule has 0 atom stereocenters. The first-order valence-corrected chi connectivity index (χ1v) is 14.5. The van der Waals surface area contributed by atoms with E-state index >= 15 is 0 Å². The van der Waals surface area contributed by atoms with Crippen molar-refractivity contribution in [2.75, 3.05) is 18.4 Å². The first-order valence-electron chi connectivity index (χ1n) is 13.1. The largest absolute Gasteiger partial charge is 0.325 e. The van der Waals surface area contributed by atoms with Crippen LogP contribution in [0.15, 0.2) is 120 Å². The molecule has 5 nitrogen and oxygen atoms in total. The number of nitrogens with one attached hydrogen (secondary N) is 1. The smallest absolute Gasteiger partial charge is 0.243 e. The third-order valence-corrected chi connectivity index (χ3v) is 9.14. The Bertz CT molecular complexity index is 1390. The molecule has 4 aromatic carbocycles. The highest BCUT2D eigenvalue weighted by atomic mass is 32.2. The van der Waals surface area contributed by atoms with Gasteiger partial charge in [-0.2, -0.15) is 4.31 Å². The zero-order chi connectivity index (χ0) is 26.4. The Labute approximate surface area is 225 Å². The van der Waals surface area contributed by atoms with Gasteiger partial charge in [0.2, 0.25) is 15.9 Å². The van der Waals surface area contributed by atoms with E-state index in [2.05, 4.69) is 17.4 Å². The van der Waals surface area contributed by atoms with Crippen LogP contribution >= 0.6 is 0 Å². The van der Waals surface area contributed by atoms with E-state index in [9.17, 15) is 13.2 Å². The molecule has 0 radical (unpaired) electrons. The topological polar surface area (TPSA) is 66.5 Å². The number of hydrogen-bond donors (Lipinski definition) is 1. The lowest BCUT2D eigenvalue weighted by atomic mass is 9.90. The van der Waals surface area contributed by atoms with E-state index in [1.54, 1.807) is 28.6 Å². The summed E-state index contributed by atoms with van der Waals surface area (Å²) in [6.07, 6.45) is 2.68. The van der Waals surface area contributed by atoms with E-state index < -0.39 is 15.9 Å². The molecule has 1 saturated heterocycles. The van der Waals surface area contributed by atoms with Gasteiger partial charge >= 0.3 is 0 Å². The van der Waals surface area contributed by atoms with Crippen LogP contribution in [-0.2, 0) is 21.2 Å². The maximum atomic E-state index is 13.4. The molecule has 5 rings (SSSR count). The van der Waals surface area contributed by atoms with Crippen LogP contribution in [0.3, 0.4) is 0 Å². The molecule has 1 heterocycles. The quantitative estimate of drug-likeness (QED) is 0.303. The van der Waals surface area contributed by atoms with Crippen molar-refractivity contribution in [3.8, 4) is 0 Å². The Hall–Kier alpha value is -3.74. The molecule has 0 saturated carbocycles. The van der Waals surface area contributed by atoms with Crippen molar-refractivity contribution in [1.82, 2.24) is 4.31 Å². The van der Waals surface area contributed by atoms with Gasteiger partial charge in [-0.15, -0.1) is 0 Å². The minimum absolute atomic E-state index is 0.168. The molecule has 38 heavy (non-hydrogen) atoms. The molecule has 1 fully saturated rings. The molecule has 0 bridgehead atoms. The maximum absolute atomic E-state index is 13.4. The molecular formula is C32H32N2O3S. The predicted octanol–water partition coefficient (Wildman–Crippen LogP) is 6.10. The van der Waals surface area contributed by atoms with Gasteiger partial charge in [0.25, 0.3) is 0 Å². The van der Waals surface area contributed by atoms with Crippen LogP contribution in [0.25, 0.3) is 0 Å². The fraction of sp³-hybridized carbons (Fsp3) is 0.219. The van der Waals surface area contributed by atoms with E-state index in [1.165, 1.54) is 5.56 Å². The SMILES string of the molecule is O=C(Nc1ccc(S(=O)(=O)N2CCC(Cc3ccccc3)CC2)cc1)C(c1ccccc1)c1ccccc1. The van der Waals surface area contributed by atoms with Gasteiger partial charge in [0, 0.05) is 18.8 Å². The lowest BCUT2D eigenvalue weighted by Gasteiger charge is -2.31. The number of nitrogens with zero attached hydrogens (tertiary/aromatic N) is 1. The van der Waals surface area contributed by atoms with Crippen molar-refractivity contribution in [2.24, 2.45) is 5.92 Å². The van der Waals surface area contributed by atoms with Crippen LogP contribution < -0.4 is 5.32 Å². The lowest BCUT2D eigenvalue weighted by molar-refractivity contribution is -0.116. The summed E-state index contributed by atoms with van der Waals surface area (Å²) in [4.78, 5) is 13.6. The van der Waals surface area contributed by atoms with E-state index in [4.69, 9.17) is 0 Å². The number of amides is 1. The number of sulfonamides is 1. The minimum Gasteiger partial charge on any atom is -0.325 e. The average molecular weight is 525 g/mol. The highest BCUT2D eigenvalue weighted by molar-refractivity contribution is 7.89. The van der Waals surface area contributed by atoms with Crippen LogP contribution in [0.4, 0.5) is 5.69 Å². The first kappa shape index (κ1) is 25.9. The van der Waals surface area contributed by atoms with Crippen molar-refractivity contribution in [3.63, 3.8) is 0 Å². The summed E-state index contributed by atoms with van der Waals surface area (Å²) >= 11 is 0. The number of benzene rings is 4. The van der Waals surface area contributed by atoms with E-state index in [1.807, 2.05) is 78.9 Å². The van der Waals surface area contributed by atoms with Gasteiger partial charge in [-0.3, -0.25) is 4.79 Å². The number of carbonyl (C=O) groups is 1. The molecule has 6 heteroatoms. The Balaban J connectivity index is 1.24. The summed E-state index contributed by atoms with van der Waals surface area (Å²) < 4.78 is 28.2. The van der Waals surface area contributed by atoms with Crippen molar-refractivity contribution in [2.45, 2.75) is 30.1 Å². The molecule has 1 N–H and O–H groups in total. The van der Waals surface area contributed by atoms with E-state index in [0.29, 0.717) is 24.7 Å². The van der Waals surface area contributed by atoms with Crippen molar-refractivity contribution in [3.05, 3.63) is 132 Å². The van der Waals surface area contributed by atoms with Crippen molar-refractivity contribution in [1.29, 1.82) is 0 Å². The van der Waals surface area contributed by atoms with Crippen LogP contribution in [0.5, 0.6) is 0 Å².